The van der Waals surface area contributed by atoms with E-state index in [1.165, 1.54) is 6.08 Å². The van der Waals surface area contributed by atoms with Crippen molar-refractivity contribution in [1.82, 2.24) is 10.6 Å². The van der Waals surface area contributed by atoms with Gasteiger partial charge in [-0.3, -0.25) is 14.4 Å². The number of nitrogens with one attached hydrogen (secondary N) is 2. The average molecular weight is 671 g/mol. The van der Waals surface area contributed by atoms with Crippen LogP contribution in [0.3, 0.4) is 0 Å². The number of benzene rings is 3. The lowest BCUT2D eigenvalue weighted by Gasteiger charge is -2.22. The Morgan fingerprint density at radius 3 is 2.04 bits per heavy atom. The summed E-state index contributed by atoms with van der Waals surface area (Å²) in [4.78, 5) is 51.7. The van der Waals surface area contributed by atoms with E-state index in [0.29, 0.717) is 31.6 Å². The van der Waals surface area contributed by atoms with Gasteiger partial charge in [0.25, 0.3) is 0 Å². The predicted octanol–water partition coefficient (Wildman–Crippen LogP) is 5.00. The molecule has 0 spiro atoms. The number of unbranched alkanes of at least 4 members (excludes halogenated alkanes) is 1. The topological polar surface area (TPSA) is 140 Å². The summed E-state index contributed by atoms with van der Waals surface area (Å²) in [5.41, 5.74) is 2.67. The number of allylic oxidation sites excluding steroid dienone is 2. The summed E-state index contributed by atoms with van der Waals surface area (Å²) in [7, 11) is 0. The molecule has 0 saturated carbocycles. The second-order valence-electron chi connectivity index (χ2n) is 11.5. The van der Waals surface area contributed by atoms with Gasteiger partial charge in [0.1, 0.15) is 25.6 Å². The third-order valence-electron chi connectivity index (χ3n) is 7.52. The monoisotopic (exact) mass is 670 g/mol. The molecule has 0 saturated heterocycles. The first-order chi connectivity index (χ1) is 23.8. The molecule has 3 aromatic rings. The highest BCUT2D eigenvalue weighted by Gasteiger charge is 2.29. The van der Waals surface area contributed by atoms with Crippen molar-refractivity contribution in [3.05, 3.63) is 127 Å². The Morgan fingerprint density at radius 2 is 1.43 bits per heavy atom. The van der Waals surface area contributed by atoms with E-state index in [9.17, 15) is 24.3 Å². The average Bonchev–Trinajstić information content (AvgIpc) is 3.12. The van der Waals surface area contributed by atoms with E-state index < -0.39 is 48.4 Å². The molecule has 0 aromatic heterocycles. The minimum atomic E-state index is -1.29. The third-order valence-corrected chi connectivity index (χ3v) is 7.52. The van der Waals surface area contributed by atoms with Gasteiger partial charge in [0.05, 0.1) is 18.6 Å². The van der Waals surface area contributed by atoms with Crippen molar-refractivity contribution < 1.29 is 38.5 Å². The second kappa shape index (κ2) is 21.6. The zero-order valence-electron chi connectivity index (χ0n) is 27.8. The minimum absolute atomic E-state index is 0.0379. The molecule has 260 valence electrons. The molecule has 3 rings (SSSR count). The van der Waals surface area contributed by atoms with Crippen molar-refractivity contribution in [3.63, 3.8) is 0 Å². The predicted molar refractivity (Wildman–Crippen MR) is 186 cm³/mol. The fraction of sp³-hybridized carbons (Fsp3) is 0.333. The molecule has 0 fully saturated rings. The smallest absolute Gasteiger partial charge is 0.332 e. The molecule has 10 nitrogen and oxygen atoms in total. The van der Waals surface area contributed by atoms with Gasteiger partial charge in [0.2, 0.25) is 11.8 Å². The van der Waals surface area contributed by atoms with Gasteiger partial charge in [0, 0.05) is 12.8 Å². The standard InChI is InChI=1S/C39H46N2O8/c1-3-5-8-18-37(44)48-28-35(39(46)49-27-31-16-11-7-12-17-31)41-38(45)32(13-4-2)24-36(43)40-33(25-42)23-29-19-21-34(22-20-29)47-26-30-14-9-6-10-15-30/h3-4,6-7,9-12,14-17,19-22,32-33,35,42H,1-2,5,8,13,18,23-28H2,(H,40,43)(H,41,45)/t32-,33-,35+/m0/s1. The van der Waals surface area contributed by atoms with Gasteiger partial charge in [-0.15, -0.1) is 13.2 Å². The van der Waals surface area contributed by atoms with Gasteiger partial charge in [-0.05, 0) is 54.5 Å². The summed E-state index contributed by atoms with van der Waals surface area (Å²) >= 11 is 0. The van der Waals surface area contributed by atoms with Gasteiger partial charge < -0.3 is 30.0 Å². The summed E-state index contributed by atoms with van der Waals surface area (Å²) in [6.45, 7) is 6.99. The first-order valence-electron chi connectivity index (χ1n) is 16.4. The van der Waals surface area contributed by atoms with Crippen LogP contribution < -0.4 is 15.4 Å². The molecule has 3 atom stereocenters. The number of ether oxygens (including phenoxy) is 3. The first kappa shape index (κ1) is 38.2. The van der Waals surface area contributed by atoms with Crippen molar-refractivity contribution in [2.24, 2.45) is 5.92 Å². The van der Waals surface area contributed by atoms with Gasteiger partial charge in [-0.2, -0.15) is 0 Å². The molecule has 2 amide bonds. The van der Waals surface area contributed by atoms with E-state index in [2.05, 4.69) is 23.8 Å². The van der Waals surface area contributed by atoms with E-state index in [4.69, 9.17) is 14.2 Å². The molecule has 0 aliphatic rings. The molecule has 0 bridgehead atoms. The van der Waals surface area contributed by atoms with Gasteiger partial charge in [-0.25, -0.2) is 4.79 Å². The number of aliphatic hydroxyl groups is 1. The maximum Gasteiger partial charge on any atom is 0.332 e. The third kappa shape index (κ3) is 14.6. The highest BCUT2D eigenvalue weighted by atomic mass is 16.6. The van der Waals surface area contributed by atoms with Crippen LogP contribution in [0.25, 0.3) is 0 Å². The summed E-state index contributed by atoms with van der Waals surface area (Å²) in [6.07, 6.45) is 4.76. The lowest BCUT2D eigenvalue weighted by molar-refractivity contribution is -0.155. The molecule has 3 N–H and O–H groups in total. The summed E-state index contributed by atoms with van der Waals surface area (Å²) < 4.78 is 16.5. The van der Waals surface area contributed by atoms with Crippen LogP contribution in [0.15, 0.2) is 110 Å². The number of rotatable bonds is 22. The van der Waals surface area contributed by atoms with Crippen molar-refractivity contribution in [3.8, 4) is 5.75 Å². The van der Waals surface area contributed by atoms with Crippen LogP contribution >= 0.6 is 0 Å². The lowest BCUT2D eigenvalue weighted by Crippen LogP contribution is -2.48. The lowest BCUT2D eigenvalue weighted by atomic mass is 9.98. The Balaban J connectivity index is 1.57. The van der Waals surface area contributed by atoms with Gasteiger partial charge in [-0.1, -0.05) is 84.9 Å². The molecular weight excluding hydrogens is 624 g/mol. The van der Waals surface area contributed by atoms with E-state index in [1.807, 2.05) is 60.7 Å². The van der Waals surface area contributed by atoms with E-state index >= 15 is 0 Å². The zero-order valence-corrected chi connectivity index (χ0v) is 27.8. The number of hydrogen-bond acceptors (Lipinski definition) is 8. The van der Waals surface area contributed by atoms with Crippen molar-refractivity contribution in [2.75, 3.05) is 13.2 Å². The van der Waals surface area contributed by atoms with Crippen LogP contribution in [0.4, 0.5) is 0 Å². The summed E-state index contributed by atoms with van der Waals surface area (Å²) in [5, 5.41) is 15.4. The maximum atomic E-state index is 13.4. The number of hydrogen-bond donors (Lipinski definition) is 3. The van der Waals surface area contributed by atoms with Crippen LogP contribution in [0, 0.1) is 5.92 Å². The fourth-order valence-corrected chi connectivity index (χ4v) is 4.83. The molecule has 0 radical (unpaired) electrons. The molecule has 49 heavy (non-hydrogen) atoms. The molecule has 3 aromatic carbocycles. The molecule has 0 aliphatic carbocycles. The van der Waals surface area contributed by atoms with Crippen molar-refractivity contribution in [2.45, 2.75) is 63.8 Å². The van der Waals surface area contributed by atoms with Crippen LogP contribution in [0.2, 0.25) is 0 Å². The highest BCUT2D eigenvalue weighted by Crippen LogP contribution is 2.16. The quantitative estimate of drug-likeness (QED) is 0.0772. The molecule has 0 unspecified atom stereocenters. The highest BCUT2D eigenvalue weighted by molar-refractivity contribution is 5.89. The van der Waals surface area contributed by atoms with E-state index in [0.717, 1.165) is 16.7 Å². The zero-order chi connectivity index (χ0) is 35.3. The number of amides is 2. The summed E-state index contributed by atoms with van der Waals surface area (Å²) in [6, 6.07) is 24.3. The molecular formula is C39H46N2O8. The second-order valence-corrected chi connectivity index (χ2v) is 11.5. The number of carbonyl (C=O) groups excluding carboxylic acids is 4. The number of esters is 2. The van der Waals surface area contributed by atoms with Crippen LogP contribution in [-0.2, 0) is 48.3 Å². The Labute approximate surface area is 288 Å². The van der Waals surface area contributed by atoms with Crippen molar-refractivity contribution in [1.29, 1.82) is 0 Å². The Hall–Kier alpha value is -5.22. The van der Waals surface area contributed by atoms with E-state index in [-0.39, 0.29) is 32.5 Å². The Bertz CT molecular complexity index is 1480. The SMILES string of the molecule is C=CCCCC(=O)OC[C@@H](NC(=O)[C@@H](CC=C)CC(=O)N[C@H](CO)Cc1ccc(OCc2ccccc2)cc1)C(=O)OCc1ccccc1. The largest absolute Gasteiger partial charge is 0.489 e. The number of carbonyl (C=O) groups is 4. The van der Waals surface area contributed by atoms with Gasteiger partial charge >= 0.3 is 11.9 Å². The van der Waals surface area contributed by atoms with E-state index in [1.54, 1.807) is 30.3 Å². The fourth-order valence-electron chi connectivity index (χ4n) is 4.83. The number of aliphatic hydroxyl groups excluding tert-OH is 1. The molecule has 0 heterocycles. The summed E-state index contributed by atoms with van der Waals surface area (Å²) in [5.74, 6) is -2.56. The van der Waals surface area contributed by atoms with Crippen LogP contribution in [0.5, 0.6) is 5.75 Å². The molecule has 10 heteroatoms. The minimum Gasteiger partial charge on any atom is -0.489 e. The Kier molecular flexibility index (Phi) is 16.9. The maximum absolute atomic E-state index is 13.4. The molecule has 0 aliphatic heterocycles. The first-order valence-corrected chi connectivity index (χ1v) is 16.4. The normalized spacial score (nSPS) is 12.4. The van der Waals surface area contributed by atoms with Gasteiger partial charge in [0.15, 0.2) is 6.04 Å². The van der Waals surface area contributed by atoms with Crippen molar-refractivity contribution >= 4 is 23.8 Å². The van der Waals surface area contributed by atoms with Crippen LogP contribution in [-0.4, -0.2) is 54.2 Å². The van der Waals surface area contributed by atoms with Crippen LogP contribution in [0.1, 0.15) is 48.8 Å². The Morgan fingerprint density at radius 1 is 0.776 bits per heavy atom.